The highest BCUT2D eigenvalue weighted by atomic mass is 32.2. The molecule has 0 fully saturated rings. The molecule has 0 N–H and O–H groups in total. The molecule has 5 heteroatoms. The number of hydrogen-bond acceptors (Lipinski definition) is 4. The number of thioether (sulfide) groups is 1. The van der Waals surface area contributed by atoms with E-state index in [1.54, 1.807) is 23.9 Å². The van der Waals surface area contributed by atoms with Crippen molar-refractivity contribution in [1.82, 2.24) is 0 Å². The Morgan fingerprint density at radius 3 is 2.56 bits per heavy atom. The van der Waals surface area contributed by atoms with Crippen LogP contribution in [0.1, 0.15) is 37.8 Å². The van der Waals surface area contributed by atoms with E-state index < -0.39 is 11.6 Å². The van der Waals surface area contributed by atoms with Crippen LogP contribution in [-0.2, 0) is 9.53 Å². The van der Waals surface area contributed by atoms with Crippen molar-refractivity contribution in [2.24, 2.45) is 10.9 Å². The summed E-state index contributed by atoms with van der Waals surface area (Å²) in [4.78, 5) is 19.0. The Kier molecular flexibility index (Phi) is 4.58. The second-order valence-corrected chi connectivity index (χ2v) is 9.05. The van der Waals surface area contributed by atoms with Gasteiger partial charge in [0, 0.05) is 33.8 Å². The lowest BCUT2D eigenvalue weighted by atomic mass is 9.80. The summed E-state index contributed by atoms with van der Waals surface area (Å²) in [6.07, 6.45) is 0. The maximum atomic E-state index is 13.5. The Balaban J connectivity index is 1.77. The molecule has 0 unspecified atom stereocenters. The molecular formula is C22H22FNO2S. The second kappa shape index (κ2) is 6.79. The third kappa shape index (κ3) is 3.53. The van der Waals surface area contributed by atoms with Crippen LogP contribution >= 0.6 is 11.8 Å². The molecule has 0 aliphatic carbocycles. The maximum Gasteiger partial charge on any atom is 0.332 e. The maximum absolute atomic E-state index is 13.5. The first-order valence-electron chi connectivity index (χ1n) is 9.12. The Labute approximate surface area is 163 Å². The zero-order valence-corrected chi connectivity index (χ0v) is 16.4. The van der Waals surface area contributed by atoms with Crippen molar-refractivity contribution in [3.63, 3.8) is 0 Å². The van der Waals surface area contributed by atoms with Crippen molar-refractivity contribution in [3.05, 3.63) is 65.5 Å². The molecule has 2 aliphatic heterocycles. The van der Waals surface area contributed by atoms with Crippen LogP contribution < -0.4 is 0 Å². The van der Waals surface area contributed by atoms with Gasteiger partial charge in [-0.1, -0.05) is 30.3 Å². The number of aliphatic imine (C=N–C) groups is 1. The molecule has 0 saturated carbocycles. The molecule has 140 valence electrons. The SMILES string of the molecule is CC(C)(C)OC(=O)[C@@H]1N=C2c3ccccc3SC[C@@H]2[C@H]1c1ccc(F)cc1. The summed E-state index contributed by atoms with van der Waals surface area (Å²) in [5.41, 5.74) is 2.41. The van der Waals surface area contributed by atoms with Gasteiger partial charge < -0.3 is 4.74 Å². The van der Waals surface area contributed by atoms with Crippen LogP contribution in [-0.4, -0.2) is 29.1 Å². The summed E-state index contributed by atoms with van der Waals surface area (Å²) >= 11 is 1.79. The number of benzene rings is 2. The first-order chi connectivity index (χ1) is 12.8. The number of ether oxygens (including phenoxy) is 1. The highest BCUT2D eigenvalue weighted by Gasteiger charge is 2.47. The first kappa shape index (κ1) is 18.2. The predicted molar refractivity (Wildman–Crippen MR) is 106 cm³/mol. The van der Waals surface area contributed by atoms with E-state index in [9.17, 15) is 9.18 Å². The van der Waals surface area contributed by atoms with Crippen LogP contribution in [0.3, 0.4) is 0 Å². The Morgan fingerprint density at radius 2 is 1.85 bits per heavy atom. The van der Waals surface area contributed by atoms with Crippen molar-refractivity contribution in [3.8, 4) is 0 Å². The summed E-state index contributed by atoms with van der Waals surface area (Å²) in [6.45, 7) is 5.58. The Hall–Kier alpha value is -2.14. The summed E-state index contributed by atoms with van der Waals surface area (Å²) in [6, 6.07) is 14.0. The fourth-order valence-corrected chi connectivity index (χ4v) is 5.04. The number of rotatable bonds is 2. The van der Waals surface area contributed by atoms with E-state index in [1.165, 1.54) is 17.0 Å². The van der Waals surface area contributed by atoms with E-state index in [1.807, 2.05) is 32.9 Å². The van der Waals surface area contributed by atoms with Gasteiger partial charge in [-0.15, -0.1) is 11.8 Å². The zero-order valence-electron chi connectivity index (χ0n) is 15.6. The first-order valence-corrected chi connectivity index (χ1v) is 10.1. The lowest BCUT2D eigenvalue weighted by Gasteiger charge is -2.29. The quantitative estimate of drug-likeness (QED) is 0.696. The molecule has 27 heavy (non-hydrogen) atoms. The van der Waals surface area contributed by atoms with E-state index >= 15 is 0 Å². The number of halogens is 1. The van der Waals surface area contributed by atoms with Crippen LogP contribution in [0.5, 0.6) is 0 Å². The normalized spacial score (nSPS) is 24.0. The Bertz CT molecular complexity index is 901. The standard InChI is InChI=1S/C22H22FNO2S/c1-22(2,3)26-21(25)20-18(13-8-10-14(23)11-9-13)16-12-27-17-7-5-4-6-15(17)19(16)24-20/h4-11,16,18,20H,12H2,1-3H3/t16-,18-,20-/m1/s1. The number of fused-ring (bicyclic) bond motifs is 3. The molecule has 0 amide bonds. The van der Waals surface area contributed by atoms with Crippen LogP contribution in [0.4, 0.5) is 4.39 Å². The average Bonchev–Trinajstić information content (AvgIpc) is 3.01. The van der Waals surface area contributed by atoms with Gasteiger partial charge in [-0.05, 0) is 44.5 Å². The summed E-state index contributed by atoms with van der Waals surface area (Å²) < 4.78 is 19.1. The lowest BCUT2D eigenvalue weighted by molar-refractivity contribution is -0.156. The van der Waals surface area contributed by atoms with Crippen molar-refractivity contribution in [2.75, 3.05) is 5.75 Å². The molecule has 0 aromatic heterocycles. The van der Waals surface area contributed by atoms with Crippen molar-refractivity contribution >= 4 is 23.4 Å². The zero-order chi connectivity index (χ0) is 19.2. The molecular weight excluding hydrogens is 361 g/mol. The molecule has 2 aromatic rings. The second-order valence-electron chi connectivity index (χ2n) is 7.98. The van der Waals surface area contributed by atoms with Gasteiger partial charge in [-0.3, -0.25) is 4.99 Å². The minimum atomic E-state index is -0.610. The number of hydrogen-bond donors (Lipinski definition) is 0. The van der Waals surface area contributed by atoms with E-state index in [0.29, 0.717) is 0 Å². The number of carbonyl (C=O) groups is 1. The van der Waals surface area contributed by atoms with E-state index in [-0.39, 0.29) is 23.6 Å². The van der Waals surface area contributed by atoms with E-state index in [4.69, 9.17) is 9.73 Å². The molecule has 0 bridgehead atoms. The predicted octanol–water partition coefficient (Wildman–Crippen LogP) is 4.84. The van der Waals surface area contributed by atoms with Gasteiger partial charge in [-0.2, -0.15) is 0 Å². The number of esters is 1. The third-order valence-corrected chi connectivity index (χ3v) is 6.08. The van der Waals surface area contributed by atoms with Gasteiger partial charge in [0.15, 0.2) is 6.04 Å². The number of nitrogens with zero attached hydrogens (tertiary/aromatic N) is 1. The highest BCUT2D eigenvalue weighted by molar-refractivity contribution is 7.99. The van der Waals surface area contributed by atoms with Crippen LogP contribution in [0.25, 0.3) is 0 Å². The third-order valence-electron chi connectivity index (χ3n) is 4.89. The molecule has 2 aliphatic rings. The topological polar surface area (TPSA) is 38.7 Å². The molecule has 0 spiro atoms. The number of carbonyl (C=O) groups excluding carboxylic acids is 1. The van der Waals surface area contributed by atoms with Crippen LogP contribution in [0.15, 0.2) is 58.4 Å². The lowest BCUT2D eigenvalue weighted by Crippen LogP contribution is -2.35. The van der Waals surface area contributed by atoms with Crippen molar-refractivity contribution in [1.29, 1.82) is 0 Å². The van der Waals surface area contributed by atoms with Gasteiger partial charge in [0.25, 0.3) is 0 Å². The minimum Gasteiger partial charge on any atom is -0.458 e. The highest BCUT2D eigenvalue weighted by Crippen LogP contribution is 2.46. The fourth-order valence-electron chi connectivity index (χ4n) is 3.81. The van der Waals surface area contributed by atoms with E-state index in [2.05, 4.69) is 12.1 Å². The monoisotopic (exact) mass is 383 g/mol. The van der Waals surface area contributed by atoms with Crippen molar-refractivity contribution < 1.29 is 13.9 Å². The van der Waals surface area contributed by atoms with Gasteiger partial charge in [0.2, 0.25) is 0 Å². The smallest absolute Gasteiger partial charge is 0.332 e. The molecule has 2 aromatic carbocycles. The average molecular weight is 383 g/mol. The molecule has 0 radical (unpaired) electrons. The summed E-state index contributed by atoms with van der Waals surface area (Å²) in [7, 11) is 0. The van der Waals surface area contributed by atoms with Gasteiger partial charge in [-0.25, -0.2) is 9.18 Å². The molecule has 2 heterocycles. The molecule has 0 saturated heterocycles. The largest absolute Gasteiger partial charge is 0.458 e. The Morgan fingerprint density at radius 1 is 1.15 bits per heavy atom. The van der Waals surface area contributed by atoms with Gasteiger partial charge >= 0.3 is 5.97 Å². The summed E-state index contributed by atoms with van der Waals surface area (Å²) in [5, 5.41) is 0. The van der Waals surface area contributed by atoms with E-state index in [0.717, 1.165) is 22.6 Å². The molecule has 3 atom stereocenters. The van der Waals surface area contributed by atoms with Gasteiger partial charge in [0.1, 0.15) is 11.4 Å². The van der Waals surface area contributed by atoms with Crippen LogP contribution in [0.2, 0.25) is 0 Å². The molecule has 4 rings (SSSR count). The van der Waals surface area contributed by atoms with Crippen molar-refractivity contribution in [2.45, 2.75) is 43.2 Å². The van der Waals surface area contributed by atoms with Crippen LogP contribution in [0, 0.1) is 11.7 Å². The molecule has 3 nitrogen and oxygen atoms in total. The fraction of sp³-hybridized carbons (Fsp3) is 0.364. The summed E-state index contributed by atoms with van der Waals surface area (Å²) in [5.74, 6) is 0.206. The van der Waals surface area contributed by atoms with Gasteiger partial charge in [0.05, 0.1) is 0 Å². The minimum absolute atomic E-state index is 0.105.